The molecule has 0 aliphatic heterocycles. The maximum absolute atomic E-state index is 12.8. The van der Waals surface area contributed by atoms with Gasteiger partial charge < -0.3 is 18.9 Å². The predicted octanol–water partition coefficient (Wildman–Crippen LogP) is 19.1. The van der Waals surface area contributed by atoms with E-state index < -0.39 is 32.5 Å². The fourth-order valence-electron chi connectivity index (χ4n) is 7.89. The van der Waals surface area contributed by atoms with E-state index in [1.165, 1.54) is 96.3 Å². The average Bonchev–Trinajstić information content (AvgIpc) is 3.38. The molecule has 0 bridgehead atoms. The van der Waals surface area contributed by atoms with E-state index in [2.05, 4.69) is 135 Å². The van der Waals surface area contributed by atoms with Gasteiger partial charge in [0.15, 0.2) is 6.10 Å². The lowest BCUT2D eigenvalue weighted by molar-refractivity contribution is -0.870. The molecule has 0 aromatic heterocycles. The van der Waals surface area contributed by atoms with Gasteiger partial charge in [0.05, 0.1) is 27.7 Å². The van der Waals surface area contributed by atoms with Crippen LogP contribution in [-0.2, 0) is 32.7 Å². The molecule has 0 spiro atoms. The maximum atomic E-state index is 12.8. The van der Waals surface area contributed by atoms with Crippen LogP contribution in [0.5, 0.6) is 0 Å². The van der Waals surface area contributed by atoms with Gasteiger partial charge in [0.25, 0.3) is 0 Å². The van der Waals surface area contributed by atoms with Gasteiger partial charge in [-0.05, 0) is 103 Å². The second kappa shape index (κ2) is 56.1. The smallest absolute Gasteiger partial charge is 0.462 e. The monoisotopic (exact) mass is 1080 g/mol. The fraction of sp³-hybridized carbons (Fsp3) is 0.667. The van der Waals surface area contributed by atoms with Crippen molar-refractivity contribution in [3.8, 4) is 0 Å². The molecule has 10 heteroatoms. The molecule has 2 unspecified atom stereocenters. The number of hydrogen-bond acceptors (Lipinski definition) is 7. The van der Waals surface area contributed by atoms with Crippen LogP contribution in [0.4, 0.5) is 0 Å². The molecule has 0 aromatic rings. The van der Waals surface area contributed by atoms with Gasteiger partial charge in [-0.2, -0.15) is 0 Å². The lowest BCUT2D eigenvalue weighted by atomic mass is 10.0. The van der Waals surface area contributed by atoms with E-state index in [1.807, 2.05) is 21.1 Å². The zero-order valence-corrected chi connectivity index (χ0v) is 50.1. The van der Waals surface area contributed by atoms with Crippen molar-refractivity contribution < 1.29 is 42.1 Å². The Morgan fingerprint density at radius 3 is 1.08 bits per heavy atom. The van der Waals surface area contributed by atoms with E-state index in [-0.39, 0.29) is 26.1 Å². The van der Waals surface area contributed by atoms with E-state index in [4.69, 9.17) is 18.5 Å². The van der Waals surface area contributed by atoms with Crippen molar-refractivity contribution in [2.45, 2.75) is 238 Å². The van der Waals surface area contributed by atoms with Gasteiger partial charge >= 0.3 is 19.8 Å². The molecule has 0 aliphatic carbocycles. The van der Waals surface area contributed by atoms with Crippen LogP contribution < -0.4 is 0 Å². The normalized spacial score (nSPS) is 14.1. The average molecular weight is 1080 g/mol. The van der Waals surface area contributed by atoms with Crippen LogP contribution in [-0.4, -0.2) is 74.9 Å². The summed E-state index contributed by atoms with van der Waals surface area (Å²) in [6.07, 6.45) is 80.1. The topological polar surface area (TPSA) is 108 Å². The summed E-state index contributed by atoms with van der Waals surface area (Å²) < 4.78 is 34.5. The highest BCUT2D eigenvalue weighted by Gasteiger charge is 2.27. The minimum absolute atomic E-state index is 0.0205. The quantitative estimate of drug-likeness (QED) is 0.0211. The third kappa shape index (κ3) is 59.7. The van der Waals surface area contributed by atoms with Gasteiger partial charge in [-0.15, -0.1) is 0 Å². The van der Waals surface area contributed by atoms with Gasteiger partial charge in [-0.25, -0.2) is 4.57 Å². The fourth-order valence-corrected chi connectivity index (χ4v) is 8.63. The predicted molar refractivity (Wildman–Crippen MR) is 325 cm³/mol. The highest BCUT2D eigenvalue weighted by molar-refractivity contribution is 7.47. The number of esters is 2. The molecule has 1 N–H and O–H groups in total. The second-order valence-corrected chi connectivity index (χ2v) is 22.4. The minimum atomic E-state index is -4.40. The van der Waals surface area contributed by atoms with Gasteiger partial charge in [0.2, 0.25) is 0 Å². The zero-order valence-electron chi connectivity index (χ0n) is 49.2. The van der Waals surface area contributed by atoms with Gasteiger partial charge in [0, 0.05) is 12.8 Å². The highest BCUT2D eigenvalue weighted by atomic mass is 31.2. The molecular formula is C66H113NO8P+. The summed E-state index contributed by atoms with van der Waals surface area (Å²) in [4.78, 5) is 35.6. The second-order valence-electron chi connectivity index (χ2n) is 21.0. The molecule has 2 atom stereocenters. The van der Waals surface area contributed by atoms with E-state index in [9.17, 15) is 19.0 Å². The number of allylic oxidation sites excluding steroid dienone is 20. The molecule has 9 nitrogen and oxygen atoms in total. The van der Waals surface area contributed by atoms with Crippen LogP contribution in [0.3, 0.4) is 0 Å². The minimum Gasteiger partial charge on any atom is -0.462 e. The number of likely N-dealkylation sites (N-methyl/N-ethyl adjacent to an activating group) is 1. The molecule has 0 fully saturated rings. The lowest BCUT2D eigenvalue weighted by Crippen LogP contribution is -2.37. The van der Waals surface area contributed by atoms with Crippen LogP contribution in [0.1, 0.15) is 232 Å². The van der Waals surface area contributed by atoms with Crippen LogP contribution >= 0.6 is 7.82 Å². The first kappa shape index (κ1) is 72.4. The largest absolute Gasteiger partial charge is 0.472 e. The summed E-state index contributed by atoms with van der Waals surface area (Å²) in [7, 11) is 1.44. The van der Waals surface area contributed by atoms with Crippen LogP contribution in [0.15, 0.2) is 122 Å². The van der Waals surface area contributed by atoms with Crippen LogP contribution in [0, 0.1) is 0 Å². The van der Waals surface area contributed by atoms with E-state index in [0.717, 1.165) is 96.3 Å². The Hall–Kier alpha value is -3.59. The first-order chi connectivity index (χ1) is 37.0. The molecule has 0 saturated carbocycles. The Morgan fingerprint density at radius 1 is 0.408 bits per heavy atom. The molecule has 0 aliphatic rings. The van der Waals surface area contributed by atoms with Crippen LogP contribution in [0.25, 0.3) is 0 Å². The van der Waals surface area contributed by atoms with Crippen molar-refractivity contribution in [3.63, 3.8) is 0 Å². The van der Waals surface area contributed by atoms with E-state index in [0.29, 0.717) is 23.9 Å². The maximum Gasteiger partial charge on any atom is 0.472 e. The van der Waals surface area contributed by atoms with Crippen molar-refractivity contribution in [1.82, 2.24) is 0 Å². The molecule has 0 rings (SSSR count). The summed E-state index contributed by atoms with van der Waals surface area (Å²) in [5.74, 6) is -0.849. The van der Waals surface area contributed by atoms with Gasteiger partial charge in [-0.3, -0.25) is 18.6 Å². The standard InChI is InChI=1S/C66H112NO8P/c1-6-8-10-12-14-16-18-20-22-23-24-25-26-27-28-29-30-31-32-33-34-35-36-37-38-39-40-41-42-43-45-47-49-51-53-55-57-59-66(69)75-64(63-74-76(70,71)73-61-60-67(3,4)5)62-72-65(68)58-56-54-52-50-48-46-44-21-19-17-15-13-11-9-7-2/h8-11,14-17,20-22,24-25,27-28,30-31,44,48,50,64H,6-7,12-13,18-19,23,26,29,32-43,45-47,49,51-63H2,1-5H3/p+1/b10-8-,11-9-,16-14-,17-15-,22-20-,25-24-,28-27-,31-30-,44-21-,50-48-. The van der Waals surface area contributed by atoms with Crippen molar-refractivity contribution in [3.05, 3.63) is 122 Å². The number of ether oxygens (including phenoxy) is 2. The van der Waals surface area contributed by atoms with Crippen LogP contribution in [0.2, 0.25) is 0 Å². The SMILES string of the molecule is CC/C=C\C/C=C\C/C=C\C/C=C\C/C=C\C/C=C\CCCCCCCCCCCCCCCCCCCCC(=O)OC(COC(=O)CCCC/C=C\C/C=C\C/C=C\C/C=C\CC)COP(=O)(O)OCC[N+](C)(C)C. The Kier molecular flexibility index (Phi) is 53.5. The molecule has 0 amide bonds. The number of carbonyl (C=O) groups is 2. The Labute approximate surface area is 467 Å². The Bertz CT molecular complexity index is 1700. The highest BCUT2D eigenvalue weighted by Crippen LogP contribution is 2.43. The molecule has 434 valence electrons. The first-order valence-electron chi connectivity index (χ1n) is 30.3. The molecule has 76 heavy (non-hydrogen) atoms. The molecule has 0 aromatic carbocycles. The van der Waals surface area contributed by atoms with E-state index >= 15 is 0 Å². The van der Waals surface area contributed by atoms with Crippen molar-refractivity contribution in [1.29, 1.82) is 0 Å². The van der Waals surface area contributed by atoms with Crippen molar-refractivity contribution in [2.24, 2.45) is 0 Å². The number of phosphoric acid groups is 1. The molecule has 0 heterocycles. The number of nitrogens with zero attached hydrogens (tertiary/aromatic N) is 1. The first-order valence-corrected chi connectivity index (χ1v) is 31.8. The third-order valence-electron chi connectivity index (χ3n) is 12.5. The Balaban J connectivity index is 4.04. The summed E-state index contributed by atoms with van der Waals surface area (Å²) in [5, 5.41) is 0. The summed E-state index contributed by atoms with van der Waals surface area (Å²) in [5.41, 5.74) is 0. The summed E-state index contributed by atoms with van der Waals surface area (Å²) in [6, 6.07) is 0. The number of carbonyl (C=O) groups excluding carboxylic acids is 2. The third-order valence-corrected chi connectivity index (χ3v) is 13.5. The number of quaternary nitrogens is 1. The van der Waals surface area contributed by atoms with Crippen molar-refractivity contribution >= 4 is 19.8 Å². The summed E-state index contributed by atoms with van der Waals surface area (Å²) in [6.45, 7) is 4.15. The van der Waals surface area contributed by atoms with E-state index in [1.54, 1.807) is 0 Å². The number of unbranched alkanes of at least 4 members (excludes halogenated alkanes) is 20. The van der Waals surface area contributed by atoms with Gasteiger partial charge in [0.1, 0.15) is 19.8 Å². The summed E-state index contributed by atoms with van der Waals surface area (Å²) >= 11 is 0. The number of phosphoric ester groups is 1. The Morgan fingerprint density at radius 2 is 0.711 bits per heavy atom. The van der Waals surface area contributed by atoms with Crippen molar-refractivity contribution in [2.75, 3.05) is 47.5 Å². The lowest BCUT2D eigenvalue weighted by Gasteiger charge is -2.24. The molecule has 0 radical (unpaired) electrons. The molecular weight excluding hydrogens is 966 g/mol. The zero-order chi connectivity index (χ0) is 55.6. The van der Waals surface area contributed by atoms with Gasteiger partial charge in [-0.1, -0.05) is 238 Å². The molecule has 0 saturated heterocycles. The number of hydrogen-bond donors (Lipinski definition) is 1. The number of rotatable bonds is 54.